The highest BCUT2D eigenvalue weighted by molar-refractivity contribution is 5.67. The Labute approximate surface area is 186 Å². The number of ether oxygens (including phenoxy) is 3. The average molecular weight is 434 g/mol. The van der Waals surface area contributed by atoms with Gasteiger partial charge in [-0.1, -0.05) is 50.2 Å². The second-order valence-electron chi connectivity index (χ2n) is 8.02. The van der Waals surface area contributed by atoms with Crippen molar-refractivity contribution >= 4 is 6.09 Å². The van der Waals surface area contributed by atoms with Crippen LogP contribution in [0.3, 0.4) is 0 Å². The lowest BCUT2D eigenvalue weighted by atomic mass is 10.2. The number of carbonyl (C=O) groups excluding carboxylic acids is 1. The van der Waals surface area contributed by atoms with Crippen LogP contribution in [-0.2, 0) is 16.1 Å². The van der Waals surface area contributed by atoms with E-state index in [4.69, 9.17) is 14.2 Å². The van der Waals surface area contributed by atoms with Crippen LogP contribution in [0.4, 0.5) is 9.18 Å². The minimum absolute atomic E-state index is 0.220. The molecule has 1 amide bonds. The van der Waals surface area contributed by atoms with Crippen LogP contribution in [0.5, 0.6) is 5.75 Å². The van der Waals surface area contributed by atoms with Gasteiger partial charge in [-0.2, -0.15) is 0 Å². The van der Waals surface area contributed by atoms with E-state index in [2.05, 4.69) is 0 Å². The fraction of sp³-hybridized carbons (Fsp3) is 0.480. The summed E-state index contributed by atoms with van der Waals surface area (Å²) in [5, 5.41) is 0. The van der Waals surface area contributed by atoms with Gasteiger partial charge in [-0.3, -0.25) is 0 Å². The molecule has 2 aromatic carbocycles. The SMILES string of the molecule is CC.CN(C[C@H]1CO1)C(=O)OC(C)(C)C.Cc1ccc(OCc2ccccc2)c(F)c1. The molecular weight excluding hydrogens is 397 g/mol. The number of rotatable bonds is 5. The summed E-state index contributed by atoms with van der Waals surface area (Å²) >= 11 is 0. The lowest BCUT2D eigenvalue weighted by Crippen LogP contribution is -2.36. The van der Waals surface area contributed by atoms with E-state index in [0.29, 0.717) is 18.9 Å². The molecule has 31 heavy (non-hydrogen) atoms. The first kappa shape index (κ1) is 26.4. The van der Waals surface area contributed by atoms with Gasteiger partial charge in [-0.15, -0.1) is 0 Å². The van der Waals surface area contributed by atoms with Crippen LogP contribution in [0.2, 0.25) is 0 Å². The van der Waals surface area contributed by atoms with Crippen LogP contribution in [0.15, 0.2) is 48.5 Å². The van der Waals surface area contributed by atoms with E-state index in [-0.39, 0.29) is 18.0 Å². The molecule has 6 heteroatoms. The predicted octanol–water partition coefficient (Wildman–Crippen LogP) is 5.99. The summed E-state index contributed by atoms with van der Waals surface area (Å²) in [6, 6.07) is 14.7. The van der Waals surface area contributed by atoms with Gasteiger partial charge in [-0.05, 0) is 51.0 Å². The molecule has 2 aromatic rings. The Bertz CT molecular complexity index is 786. The van der Waals surface area contributed by atoms with Crippen LogP contribution in [0.1, 0.15) is 45.7 Å². The molecule has 1 atom stereocenters. The third kappa shape index (κ3) is 11.4. The molecule has 3 rings (SSSR count). The largest absolute Gasteiger partial charge is 0.486 e. The van der Waals surface area contributed by atoms with E-state index in [1.54, 1.807) is 18.0 Å². The molecule has 0 N–H and O–H groups in total. The number of carbonyl (C=O) groups is 1. The minimum Gasteiger partial charge on any atom is -0.486 e. The van der Waals surface area contributed by atoms with Gasteiger partial charge in [0.1, 0.15) is 12.2 Å². The number of nitrogens with zero attached hydrogens (tertiary/aromatic N) is 1. The molecule has 0 bridgehead atoms. The van der Waals surface area contributed by atoms with Gasteiger partial charge >= 0.3 is 6.09 Å². The molecular formula is C25H36FNO4. The van der Waals surface area contributed by atoms with Crippen LogP contribution in [0.25, 0.3) is 0 Å². The van der Waals surface area contributed by atoms with E-state index in [1.165, 1.54) is 6.07 Å². The topological polar surface area (TPSA) is 51.3 Å². The molecule has 1 aliphatic rings. The number of amides is 1. The molecule has 172 valence electrons. The zero-order valence-electron chi connectivity index (χ0n) is 19.8. The summed E-state index contributed by atoms with van der Waals surface area (Å²) in [6.45, 7) is 13.2. The number of hydrogen-bond acceptors (Lipinski definition) is 4. The number of halogens is 1. The van der Waals surface area contributed by atoms with Crippen LogP contribution >= 0.6 is 0 Å². The monoisotopic (exact) mass is 433 g/mol. The van der Waals surface area contributed by atoms with Crippen molar-refractivity contribution < 1.29 is 23.4 Å². The Hall–Kier alpha value is -2.60. The van der Waals surface area contributed by atoms with Gasteiger partial charge in [0.05, 0.1) is 19.3 Å². The molecule has 0 radical (unpaired) electrons. The molecule has 0 unspecified atom stereocenters. The highest BCUT2D eigenvalue weighted by Crippen LogP contribution is 2.19. The highest BCUT2D eigenvalue weighted by Gasteiger charge is 2.28. The zero-order valence-corrected chi connectivity index (χ0v) is 19.8. The summed E-state index contributed by atoms with van der Waals surface area (Å²) in [6.07, 6.45) is -0.0690. The molecule has 0 aliphatic carbocycles. The van der Waals surface area contributed by atoms with Crippen molar-refractivity contribution in [2.24, 2.45) is 0 Å². The van der Waals surface area contributed by atoms with Gasteiger partial charge < -0.3 is 19.1 Å². The van der Waals surface area contributed by atoms with Gasteiger partial charge in [0.25, 0.3) is 0 Å². The Balaban J connectivity index is 0.000000293. The van der Waals surface area contributed by atoms with E-state index >= 15 is 0 Å². The van der Waals surface area contributed by atoms with Crippen LogP contribution < -0.4 is 4.74 Å². The summed E-state index contributed by atoms with van der Waals surface area (Å²) in [5.41, 5.74) is 1.50. The van der Waals surface area contributed by atoms with E-state index in [0.717, 1.165) is 17.7 Å². The second kappa shape index (κ2) is 13.0. The fourth-order valence-corrected chi connectivity index (χ4v) is 2.35. The zero-order chi connectivity index (χ0) is 23.4. The van der Waals surface area contributed by atoms with Crippen molar-refractivity contribution in [3.05, 3.63) is 65.5 Å². The smallest absolute Gasteiger partial charge is 0.410 e. The van der Waals surface area contributed by atoms with E-state index < -0.39 is 5.60 Å². The average Bonchev–Trinajstić information content (AvgIpc) is 3.53. The van der Waals surface area contributed by atoms with Crippen molar-refractivity contribution in [2.75, 3.05) is 20.2 Å². The molecule has 5 nitrogen and oxygen atoms in total. The Morgan fingerprint density at radius 2 is 1.77 bits per heavy atom. The number of hydrogen-bond donors (Lipinski definition) is 0. The van der Waals surface area contributed by atoms with Gasteiger partial charge in [0, 0.05) is 7.05 Å². The normalized spacial score (nSPS) is 14.3. The third-order valence-corrected chi connectivity index (χ3v) is 3.91. The second-order valence-corrected chi connectivity index (χ2v) is 8.02. The number of benzene rings is 2. The maximum Gasteiger partial charge on any atom is 0.410 e. The first-order valence-electron chi connectivity index (χ1n) is 10.6. The molecule has 0 spiro atoms. The van der Waals surface area contributed by atoms with E-state index in [1.807, 2.05) is 77.9 Å². The minimum atomic E-state index is -0.421. The maximum atomic E-state index is 13.4. The lowest BCUT2D eigenvalue weighted by Gasteiger charge is -2.24. The molecule has 0 aromatic heterocycles. The van der Waals surface area contributed by atoms with Gasteiger partial charge in [-0.25, -0.2) is 9.18 Å². The first-order valence-corrected chi connectivity index (χ1v) is 10.6. The van der Waals surface area contributed by atoms with Crippen molar-refractivity contribution in [2.45, 2.75) is 59.9 Å². The van der Waals surface area contributed by atoms with E-state index in [9.17, 15) is 9.18 Å². The standard InChI is InChI=1S/C14H13FO.C9H17NO3.C2H6/c1-11-7-8-14(13(15)9-11)16-10-12-5-3-2-4-6-12;1-9(2,3)13-8(11)10(4)5-7-6-12-7;1-2/h2-9H,10H2,1H3;7H,5-6H2,1-4H3;1-2H3/t;7-;/m.0./s1. The first-order chi connectivity index (χ1) is 14.6. The number of epoxide rings is 1. The van der Waals surface area contributed by atoms with Crippen LogP contribution in [0, 0.1) is 12.7 Å². The third-order valence-electron chi connectivity index (χ3n) is 3.91. The summed E-state index contributed by atoms with van der Waals surface area (Å²) < 4.78 is 29.0. The van der Waals surface area contributed by atoms with Gasteiger partial charge in [0.15, 0.2) is 11.6 Å². The van der Waals surface area contributed by atoms with Crippen molar-refractivity contribution in [3.63, 3.8) is 0 Å². The van der Waals surface area contributed by atoms with Crippen LogP contribution in [-0.4, -0.2) is 42.9 Å². The molecule has 1 heterocycles. The summed E-state index contributed by atoms with van der Waals surface area (Å²) in [5.74, 6) is -0.00890. The quantitative estimate of drug-likeness (QED) is 0.543. The van der Waals surface area contributed by atoms with Crippen molar-refractivity contribution in [3.8, 4) is 5.75 Å². The molecule has 1 fully saturated rings. The fourth-order valence-electron chi connectivity index (χ4n) is 2.35. The molecule has 0 saturated carbocycles. The maximum absolute atomic E-state index is 13.4. The number of likely N-dealkylation sites (N-methyl/N-ethyl adjacent to an activating group) is 1. The Morgan fingerprint density at radius 1 is 1.16 bits per heavy atom. The number of aryl methyl sites for hydroxylation is 1. The van der Waals surface area contributed by atoms with Gasteiger partial charge in [0.2, 0.25) is 0 Å². The van der Waals surface area contributed by atoms with Crippen molar-refractivity contribution in [1.82, 2.24) is 4.90 Å². The molecule has 1 aliphatic heterocycles. The highest BCUT2D eigenvalue weighted by atomic mass is 19.1. The lowest BCUT2D eigenvalue weighted by molar-refractivity contribution is 0.0288. The summed E-state index contributed by atoms with van der Waals surface area (Å²) in [7, 11) is 1.72. The predicted molar refractivity (Wildman–Crippen MR) is 122 cm³/mol. The Morgan fingerprint density at radius 3 is 2.29 bits per heavy atom. The summed E-state index contributed by atoms with van der Waals surface area (Å²) in [4.78, 5) is 12.9. The van der Waals surface area contributed by atoms with Crippen molar-refractivity contribution in [1.29, 1.82) is 0 Å². The Kier molecular flexibility index (Phi) is 11.0. The molecule has 1 saturated heterocycles.